The van der Waals surface area contributed by atoms with Gasteiger partial charge in [-0.3, -0.25) is 0 Å². The number of fused-ring (bicyclic) bond motifs is 1. The van der Waals surface area contributed by atoms with Gasteiger partial charge in [0.25, 0.3) is 0 Å². The van der Waals surface area contributed by atoms with Gasteiger partial charge in [-0.1, -0.05) is 19.9 Å². The van der Waals surface area contributed by atoms with Crippen LogP contribution in [-0.2, 0) is 6.42 Å². The van der Waals surface area contributed by atoms with E-state index in [1.54, 1.807) is 6.07 Å². The minimum absolute atomic E-state index is 0.0690. The van der Waals surface area contributed by atoms with E-state index in [0.717, 1.165) is 24.8 Å². The Hall–Kier alpha value is -0.890. The summed E-state index contributed by atoms with van der Waals surface area (Å²) in [5.74, 6) is -0.0690. The largest absolute Gasteiger partial charge is 0.313 e. The summed E-state index contributed by atoms with van der Waals surface area (Å²) >= 11 is 0. The van der Waals surface area contributed by atoms with Gasteiger partial charge >= 0.3 is 0 Å². The molecule has 1 aromatic carbocycles. The third-order valence-corrected chi connectivity index (χ3v) is 3.21. The van der Waals surface area contributed by atoms with Crippen LogP contribution in [0.15, 0.2) is 12.1 Å². The zero-order valence-electron chi connectivity index (χ0n) is 10.7. The maximum atomic E-state index is 13.3. The first-order valence-electron chi connectivity index (χ1n) is 6.19. The lowest BCUT2D eigenvalue weighted by molar-refractivity contribution is 0.490. The van der Waals surface area contributed by atoms with E-state index in [0.29, 0.717) is 6.04 Å². The second kappa shape index (κ2) is 6.00. The van der Waals surface area contributed by atoms with Crippen molar-refractivity contribution >= 4 is 0 Å². The molecule has 1 aromatic rings. The number of hydrogen-bond donors (Lipinski definition) is 1. The highest BCUT2D eigenvalue weighted by atomic mass is 19.1. The molecule has 0 saturated heterocycles. The molecule has 0 aromatic heterocycles. The SMILES string of the molecule is CC.CNC1CCCc2c1ccc(F)c2C. The maximum Gasteiger partial charge on any atom is 0.126 e. The van der Waals surface area contributed by atoms with Crippen molar-refractivity contribution in [1.29, 1.82) is 0 Å². The van der Waals surface area contributed by atoms with E-state index in [1.165, 1.54) is 11.1 Å². The van der Waals surface area contributed by atoms with E-state index in [2.05, 4.69) is 5.32 Å². The molecule has 0 saturated carbocycles. The normalized spacial score (nSPS) is 18.4. The molecule has 0 aliphatic heterocycles. The molecule has 1 aliphatic carbocycles. The van der Waals surface area contributed by atoms with E-state index in [1.807, 2.05) is 33.9 Å². The number of benzene rings is 1. The molecule has 0 heterocycles. The average Bonchev–Trinajstić information content (AvgIpc) is 2.36. The fraction of sp³-hybridized carbons (Fsp3) is 0.571. The van der Waals surface area contributed by atoms with Crippen molar-refractivity contribution in [3.63, 3.8) is 0 Å². The number of hydrogen-bond acceptors (Lipinski definition) is 1. The summed E-state index contributed by atoms with van der Waals surface area (Å²) in [7, 11) is 1.97. The molecule has 0 radical (unpaired) electrons. The minimum atomic E-state index is -0.0690. The molecule has 0 amide bonds. The lowest BCUT2D eigenvalue weighted by Crippen LogP contribution is -2.22. The molecule has 2 heteroatoms. The van der Waals surface area contributed by atoms with Gasteiger partial charge in [-0.15, -0.1) is 0 Å². The second-order valence-corrected chi connectivity index (χ2v) is 3.97. The highest BCUT2D eigenvalue weighted by molar-refractivity contribution is 5.39. The molecule has 0 fully saturated rings. The average molecular weight is 223 g/mol. The molecular weight excluding hydrogens is 201 g/mol. The van der Waals surface area contributed by atoms with Gasteiger partial charge in [-0.2, -0.15) is 0 Å². The third kappa shape index (κ3) is 2.43. The van der Waals surface area contributed by atoms with Crippen LogP contribution in [0.2, 0.25) is 0 Å². The molecule has 1 N–H and O–H groups in total. The van der Waals surface area contributed by atoms with Gasteiger partial charge in [0.15, 0.2) is 0 Å². The topological polar surface area (TPSA) is 12.0 Å². The van der Waals surface area contributed by atoms with Gasteiger partial charge in [-0.25, -0.2) is 4.39 Å². The van der Waals surface area contributed by atoms with Crippen molar-refractivity contribution in [3.8, 4) is 0 Å². The zero-order valence-corrected chi connectivity index (χ0v) is 10.7. The van der Waals surface area contributed by atoms with E-state index in [-0.39, 0.29) is 5.82 Å². The van der Waals surface area contributed by atoms with Gasteiger partial charge < -0.3 is 5.32 Å². The van der Waals surface area contributed by atoms with Crippen molar-refractivity contribution in [2.45, 2.75) is 46.1 Å². The van der Waals surface area contributed by atoms with E-state index >= 15 is 0 Å². The van der Waals surface area contributed by atoms with E-state index in [4.69, 9.17) is 0 Å². The molecule has 0 spiro atoms. The summed E-state index contributed by atoms with van der Waals surface area (Å²) in [5, 5.41) is 3.28. The first-order chi connectivity index (χ1) is 7.74. The zero-order chi connectivity index (χ0) is 12.1. The molecule has 2 rings (SSSR count). The van der Waals surface area contributed by atoms with E-state index < -0.39 is 0 Å². The van der Waals surface area contributed by atoms with Gasteiger partial charge in [-0.05, 0) is 56.0 Å². The molecule has 1 aliphatic rings. The van der Waals surface area contributed by atoms with Gasteiger partial charge in [0.2, 0.25) is 0 Å². The predicted octanol–water partition coefficient (Wildman–Crippen LogP) is 3.76. The molecule has 0 bridgehead atoms. The summed E-state index contributed by atoms with van der Waals surface area (Å²) in [4.78, 5) is 0. The standard InChI is InChI=1S/C12H16FN.C2H6/c1-8-9-4-3-5-12(14-2)10(9)6-7-11(8)13;1-2/h6-7,12,14H,3-5H2,1-2H3;1-2H3. The van der Waals surface area contributed by atoms with Crippen LogP contribution in [0.5, 0.6) is 0 Å². The Labute approximate surface area is 98.1 Å². The molecule has 1 atom stereocenters. The minimum Gasteiger partial charge on any atom is -0.313 e. The summed E-state index contributed by atoms with van der Waals surface area (Å²) in [6.07, 6.45) is 3.34. The van der Waals surface area contributed by atoms with Crippen LogP contribution in [0.1, 0.15) is 49.4 Å². The Morgan fingerprint density at radius 1 is 1.31 bits per heavy atom. The number of nitrogens with one attached hydrogen (secondary N) is 1. The van der Waals surface area contributed by atoms with Crippen molar-refractivity contribution in [2.75, 3.05) is 7.05 Å². The summed E-state index contributed by atoms with van der Waals surface area (Å²) < 4.78 is 13.3. The first kappa shape index (κ1) is 13.2. The Balaban J connectivity index is 0.000000606. The quantitative estimate of drug-likeness (QED) is 0.764. The highest BCUT2D eigenvalue weighted by Crippen LogP contribution is 2.32. The first-order valence-corrected chi connectivity index (χ1v) is 6.19. The van der Waals surface area contributed by atoms with Crippen molar-refractivity contribution < 1.29 is 4.39 Å². The van der Waals surface area contributed by atoms with E-state index in [9.17, 15) is 4.39 Å². The van der Waals surface area contributed by atoms with Gasteiger partial charge in [0.05, 0.1) is 0 Å². The summed E-state index contributed by atoms with van der Waals surface area (Å²) in [5.41, 5.74) is 3.34. The van der Waals surface area contributed by atoms with Crippen LogP contribution in [0.25, 0.3) is 0 Å². The molecule has 90 valence electrons. The summed E-state index contributed by atoms with van der Waals surface area (Å²) in [6.45, 7) is 5.88. The van der Waals surface area contributed by atoms with Crippen LogP contribution in [0.3, 0.4) is 0 Å². The Kier molecular flexibility index (Phi) is 4.94. The van der Waals surface area contributed by atoms with Crippen LogP contribution in [-0.4, -0.2) is 7.05 Å². The second-order valence-electron chi connectivity index (χ2n) is 3.97. The predicted molar refractivity (Wildman–Crippen MR) is 67.2 cm³/mol. The fourth-order valence-electron chi connectivity index (χ4n) is 2.35. The lowest BCUT2D eigenvalue weighted by atomic mass is 9.85. The molecule has 1 unspecified atom stereocenters. The molecule has 16 heavy (non-hydrogen) atoms. The van der Waals surface area contributed by atoms with Gasteiger partial charge in [0, 0.05) is 6.04 Å². The van der Waals surface area contributed by atoms with Gasteiger partial charge in [0.1, 0.15) is 5.82 Å². The molecule has 1 nitrogen and oxygen atoms in total. The monoisotopic (exact) mass is 223 g/mol. The maximum absolute atomic E-state index is 13.3. The summed E-state index contributed by atoms with van der Waals surface area (Å²) in [6, 6.07) is 3.93. The lowest BCUT2D eigenvalue weighted by Gasteiger charge is -2.26. The Morgan fingerprint density at radius 3 is 2.62 bits per heavy atom. The van der Waals surface area contributed by atoms with Crippen LogP contribution < -0.4 is 5.32 Å². The van der Waals surface area contributed by atoms with Crippen LogP contribution >= 0.6 is 0 Å². The smallest absolute Gasteiger partial charge is 0.126 e. The number of rotatable bonds is 1. The van der Waals surface area contributed by atoms with Crippen molar-refractivity contribution in [1.82, 2.24) is 5.32 Å². The Bertz CT molecular complexity index is 347. The third-order valence-electron chi connectivity index (χ3n) is 3.21. The van der Waals surface area contributed by atoms with Crippen molar-refractivity contribution in [3.05, 3.63) is 34.6 Å². The number of halogens is 1. The fourth-order valence-corrected chi connectivity index (χ4v) is 2.35. The van der Waals surface area contributed by atoms with Crippen molar-refractivity contribution in [2.24, 2.45) is 0 Å². The molecular formula is C14H22FN. The van der Waals surface area contributed by atoms with Crippen LogP contribution in [0.4, 0.5) is 4.39 Å². The van der Waals surface area contributed by atoms with Crippen LogP contribution in [0, 0.1) is 12.7 Å². The Morgan fingerprint density at radius 2 is 2.00 bits per heavy atom. The highest BCUT2D eigenvalue weighted by Gasteiger charge is 2.20.